The Balaban J connectivity index is 1.33. The van der Waals surface area contributed by atoms with Crippen LogP contribution in [-0.4, -0.2) is 60.2 Å². The predicted octanol–water partition coefficient (Wildman–Crippen LogP) is 3.98. The van der Waals surface area contributed by atoms with E-state index in [2.05, 4.69) is 10.1 Å². The van der Waals surface area contributed by atoms with Crippen molar-refractivity contribution in [2.75, 3.05) is 33.3 Å². The molecule has 1 saturated heterocycles. The van der Waals surface area contributed by atoms with Crippen LogP contribution in [0.4, 0.5) is 0 Å². The number of amides is 1. The summed E-state index contributed by atoms with van der Waals surface area (Å²) in [5.74, 6) is 2.08. The molecule has 2 heterocycles. The lowest BCUT2D eigenvalue weighted by molar-refractivity contribution is -0.127. The zero-order valence-corrected chi connectivity index (χ0v) is 19.3. The molecule has 2 aromatic rings. The highest BCUT2D eigenvalue weighted by atomic mass is 16.5. The molecule has 0 bridgehead atoms. The van der Waals surface area contributed by atoms with Crippen molar-refractivity contribution in [3.63, 3.8) is 0 Å². The predicted molar refractivity (Wildman–Crippen MR) is 123 cm³/mol. The number of ether oxygens (including phenoxy) is 2. The van der Waals surface area contributed by atoms with Gasteiger partial charge in [0, 0.05) is 38.3 Å². The molecule has 0 unspecified atom stereocenters. The van der Waals surface area contributed by atoms with Crippen LogP contribution in [0.5, 0.6) is 11.5 Å². The van der Waals surface area contributed by atoms with E-state index in [1.807, 2.05) is 43.0 Å². The van der Waals surface area contributed by atoms with Crippen LogP contribution < -0.4 is 9.47 Å². The molecule has 1 aromatic carbocycles. The second-order valence-corrected chi connectivity index (χ2v) is 8.63. The number of aromatic nitrogens is 1. The molecule has 1 aromatic heterocycles. The molecule has 32 heavy (non-hydrogen) atoms. The van der Waals surface area contributed by atoms with Crippen LogP contribution >= 0.6 is 0 Å². The molecule has 1 aliphatic heterocycles. The monoisotopic (exact) mass is 439 g/mol. The summed E-state index contributed by atoms with van der Waals surface area (Å²) in [7, 11) is 1.61. The summed E-state index contributed by atoms with van der Waals surface area (Å²) in [5, 5.41) is 3.95. The molecule has 0 atom stereocenters. The Kier molecular flexibility index (Phi) is 7.15. The Bertz CT molecular complexity index is 935. The van der Waals surface area contributed by atoms with E-state index in [9.17, 15) is 4.79 Å². The van der Waals surface area contributed by atoms with Crippen LogP contribution in [0.2, 0.25) is 0 Å². The summed E-state index contributed by atoms with van der Waals surface area (Å²) >= 11 is 0. The lowest BCUT2D eigenvalue weighted by Gasteiger charge is -2.37. The number of methoxy groups -OCH3 is 1. The van der Waals surface area contributed by atoms with Crippen molar-refractivity contribution in [3.8, 4) is 11.5 Å². The van der Waals surface area contributed by atoms with Gasteiger partial charge in [-0.3, -0.25) is 9.69 Å². The molecular weight excluding hydrogens is 406 g/mol. The Morgan fingerprint density at radius 1 is 1.16 bits per heavy atom. The summed E-state index contributed by atoms with van der Waals surface area (Å²) in [4.78, 5) is 17.2. The number of piperazine rings is 1. The molecule has 1 amide bonds. The Hall–Kier alpha value is -2.80. The van der Waals surface area contributed by atoms with Crippen LogP contribution in [0.3, 0.4) is 0 Å². The molecule has 1 saturated carbocycles. The fourth-order valence-corrected chi connectivity index (χ4v) is 4.61. The zero-order valence-electron chi connectivity index (χ0n) is 19.3. The molecule has 2 fully saturated rings. The minimum Gasteiger partial charge on any atom is -0.493 e. The van der Waals surface area contributed by atoms with Crippen molar-refractivity contribution in [1.29, 1.82) is 0 Å². The summed E-state index contributed by atoms with van der Waals surface area (Å²) < 4.78 is 16.6. The first kappa shape index (κ1) is 22.4. The van der Waals surface area contributed by atoms with E-state index in [-0.39, 0.29) is 5.91 Å². The van der Waals surface area contributed by atoms with Crippen LogP contribution in [0, 0.1) is 13.8 Å². The molecule has 0 spiro atoms. The van der Waals surface area contributed by atoms with Crippen molar-refractivity contribution in [2.45, 2.75) is 52.2 Å². The zero-order chi connectivity index (χ0) is 22.5. The van der Waals surface area contributed by atoms with E-state index in [1.54, 1.807) is 13.2 Å². The number of nitrogens with zero attached hydrogens (tertiary/aromatic N) is 3. The Labute approximate surface area is 189 Å². The number of benzene rings is 1. The molecule has 0 radical (unpaired) electrons. The Morgan fingerprint density at radius 3 is 2.56 bits per heavy atom. The molecule has 2 aliphatic rings. The highest BCUT2D eigenvalue weighted by molar-refractivity contribution is 5.92. The van der Waals surface area contributed by atoms with Gasteiger partial charge in [-0.05, 0) is 50.5 Å². The van der Waals surface area contributed by atoms with Gasteiger partial charge in [0.05, 0.1) is 18.4 Å². The maximum absolute atomic E-state index is 12.7. The molecule has 1 aliphatic carbocycles. The van der Waals surface area contributed by atoms with Gasteiger partial charge < -0.3 is 18.9 Å². The van der Waals surface area contributed by atoms with Crippen LogP contribution in [0.15, 0.2) is 28.8 Å². The number of carbonyl (C=O) groups excluding carboxylic acids is 1. The third-order valence-corrected chi connectivity index (χ3v) is 6.63. The molecule has 0 N–H and O–H groups in total. The van der Waals surface area contributed by atoms with Gasteiger partial charge in [0.2, 0.25) is 5.91 Å². The standard InChI is InChI=1S/C25H33N3O4/c1-18-22(19(2)32-26-18)17-31-23-10-8-20(16-24(23)30-3)9-11-25(29)28-14-12-27(13-15-28)21-6-4-5-7-21/h8-11,16,21H,4-7,12-15,17H2,1-3H3/b11-9+. The average molecular weight is 440 g/mol. The van der Waals surface area contributed by atoms with Crippen molar-refractivity contribution in [2.24, 2.45) is 0 Å². The second kappa shape index (κ2) is 10.2. The minimum absolute atomic E-state index is 0.0637. The highest BCUT2D eigenvalue weighted by Gasteiger charge is 2.27. The third-order valence-electron chi connectivity index (χ3n) is 6.63. The lowest BCUT2D eigenvalue weighted by Crippen LogP contribution is -2.51. The van der Waals surface area contributed by atoms with Gasteiger partial charge in [-0.25, -0.2) is 0 Å². The smallest absolute Gasteiger partial charge is 0.246 e. The van der Waals surface area contributed by atoms with Crippen molar-refractivity contribution in [1.82, 2.24) is 15.0 Å². The summed E-state index contributed by atoms with van der Waals surface area (Å²) in [6.45, 7) is 7.69. The summed E-state index contributed by atoms with van der Waals surface area (Å²) in [5.41, 5.74) is 2.66. The number of hydrogen-bond acceptors (Lipinski definition) is 6. The number of carbonyl (C=O) groups is 1. The summed E-state index contributed by atoms with van der Waals surface area (Å²) in [6.07, 6.45) is 8.82. The number of hydrogen-bond donors (Lipinski definition) is 0. The van der Waals surface area contributed by atoms with Gasteiger partial charge in [0.25, 0.3) is 0 Å². The number of aryl methyl sites for hydroxylation is 2. The van der Waals surface area contributed by atoms with Gasteiger partial charge in [0.15, 0.2) is 11.5 Å². The fourth-order valence-electron chi connectivity index (χ4n) is 4.61. The van der Waals surface area contributed by atoms with E-state index in [0.29, 0.717) is 18.1 Å². The molecule has 7 nitrogen and oxygen atoms in total. The first-order valence-corrected chi connectivity index (χ1v) is 11.5. The van der Waals surface area contributed by atoms with E-state index >= 15 is 0 Å². The minimum atomic E-state index is 0.0637. The SMILES string of the molecule is COc1cc(/C=C/C(=O)N2CCN(C3CCCC3)CC2)ccc1OCc1c(C)noc1C. The Morgan fingerprint density at radius 2 is 1.91 bits per heavy atom. The van der Waals surface area contributed by atoms with Gasteiger partial charge in [-0.2, -0.15) is 0 Å². The highest BCUT2D eigenvalue weighted by Crippen LogP contribution is 2.30. The molecule has 7 heteroatoms. The van der Waals surface area contributed by atoms with Gasteiger partial charge in [-0.15, -0.1) is 0 Å². The second-order valence-electron chi connectivity index (χ2n) is 8.63. The normalized spacial score (nSPS) is 17.9. The molecule has 4 rings (SSSR count). The largest absolute Gasteiger partial charge is 0.493 e. The first-order chi connectivity index (χ1) is 15.5. The average Bonchev–Trinajstić information content (AvgIpc) is 3.47. The van der Waals surface area contributed by atoms with Gasteiger partial charge in [0.1, 0.15) is 12.4 Å². The van der Waals surface area contributed by atoms with Crippen LogP contribution in [0.1, 0.15) is 48.3 Å². The first-order valence-electron chi connectivity index (χ1n) is 11.5. The third kappa shape index (κ3) is 5.15. The van der Waals surface area contributed by atoms with Crippen molar-refractivity contribution in [3.05, 3.63) is 46.9 Å². The van der Waals surface area contributed by atoms with E-state index in [1.165, 1.54) is 25.7 Å². The molecular formula is C25H33N3O4. The van der Waals surface area contributed by atoms with Gasteiger partial charge >= 0.3 is 0 Å². The topological polar surface area (TPSA) is 68.0 Å². The fraction of sp³-hybridized carbons (Fsp3) is 0.520. The lowest BCUT2D eigenvalue weighted by atomic mass is 10.1. The van der Waals surface area contributed by atoms with Crippen LogP contribution in [-0.2, 0) is 11.4 Å². The van der Waals surface area contributed by atoms with E-state index < -0.39 is 0 Å². The molecule has 172 valence electrons. The van der Waals surface area contributed by atoms with Gasteiger partial charge in [-0.1, -0.05) is 24.1 Å². The quantitative estimate of drug-likeness (QED) is 0.608. The van der Waals surface area contributed by atoms with E-state index in [4.69, 9.17) is 14.0 Å². The van der Waals surface area contributed by atoms with E-state index in [0.717, 1.165) is 54.8 Å². The van der Waals surface area contributed by atoms with Crippen molar-refractivity contribution < 1.29 is 18.8 Å². The maximum atomic E-state index is 12.7. The summed E-state index contributed by atoms with van der Waals surface area (Å²) in [6, 6.07) is 6.40. The van der Waals surface area contributed by atoms with Crippen LogP contribution in [0.25, 0.3) is 6.08 Å². The maximum Gasteiger partial charge on any atom is 0.246 e. The number of rotatable bonds is 7. The van der Waals surface area contributed by atoms with Crippen molar-refractivity contribution >= 4 is 12.0 Å².